The molecular weight excluding hydrogens is 342 g/mol. The third kappa shape index (κ3) is 3.59. The highest BCUT2D eigenvalue weighted by Gasteiger charge is 2.23. The van der Waals surface area contributed by atoms with E-state index in [1.807, 2.05) is 19.1 Å². The molecule has 7 heteroatoms. The largest absolute Gasteiger partial charge is 0.378 e. The molecule has 0 spiro atoms. The molecule has 4 rings (SSSR count). The number of rotatable bonds is 3. The van der Waals surface area contributed by atoms with Crippen molar-refractivity contribution in [2.24, 2.45) is 0 Å². The van der Waals surface area contributed by atoms with Crippen molar-refractivity contribution < 1.29 is 9.53 Å². The molecule has 1 saturated heterocycles. The van der Waals surface area contributed by atoms with Gasteiger partial charge < -0.3 is 15.0 Å². The fourth-order valence-corrected chi connectivity index (χ4v) is 3.08. The highest BCUT2D eigenvalue weighted by atomic mass is 16.5. The summed E-state index contributed by atoms with van der Waals surface area (Å²) in [4.78, 5) is 28.5. The molecule has 0 radical (unpaired) electrons. The van der Waals surface area contributed by atoms with Gasteiger partial charge in [-0.25, -0.2) is 9.97 Å². The highest BCUT2D eigenvalue weighted by molar-refractivity contribution is 6.07. The van der Waals surface area contributed by atoms with E-state index in [4.69, 9.17) is 9.72 Å². The van der Waals surface area contributed by atoms with Crippen LogP contribution in [-0.2, 0) is 4.74 Å². The average molecular weight is 363 g/mol. The van der Waals surface area contributed by atoms with Crippen LogP contribution in [0.3, 0.4) is 0 Å². The van der Waals surface area contributed by atoms with Crippen molar-refractivity contribution in [1.82, 2.24) is 15.0 Å². The molecule has 1 aromatic carbocycles. The van der Waals surface area contributed by atoms with Gasteiger partial charge in [-0.05, 0) is 49.2 Å². The van der Waals surface area contributed by atoms with Gasteiger partial charge in [0.15, 0.2) is 11.5 Å². The summed E-state index contributed by atoms with van der Waals surface area (Å²) in [6.45, 7) is 6.66. The summed E-state index contributed by atoms with van der Waals surface area (Å²) in [6.07, 6.45) is 3.27. The van der Waals surface area contributed by atoms with E-state index in [2.05, 4.69) is 27.1 Å². The average Bonchev–Trinajstić information content (AvgIpc) is 2.69. The second-order valence-electron chi connectivity index (χ2n) is 6.61. The molecule has 7 nitrogen and oxygen atoms in total. The molecule has 0 unspecified atom stereocenters. The van der Waals surface area contributed by atoms with Gasteiger partial charge in [-0.1, -0.05) is 0 Å². The van der Waals surface area contributed by atoms with E-state index in [0.717, 1.165) is 22.2 Å². The van der Waals surface area contributed by atoms with Crippen LogP contribution < -0.4 is 10.2 Å². The maximum absolute atomic E-state index is 13.0. The van der Waals surface area contributed by atoms with Gasteiger partial charge in [0.25, 0.3) is 5.91 Å². The minimum atomic E-state index is -0.282. The molecule has 1 amide bonds. The number of hydrogen-bond donors (Lipinski definition) is 1. The Labute approximate surface area is 157 Å². The summed E-state index contributed by atoms with van der Waals surface area (Å²) in [5.74, 6) is 0.316. The van der Waals surface area contributed by atoms with Crippen molar-refractivity contribution in [3.63, 3.8) is 0 Å². The lowest BCUT2D eigenvalue weighted by Gasteiger charge is -2.29. The quantitative estimate of drug-likeness (QED) is 0.771. The molecule has 0 atom stereocenters. The number of fused-ring (bicyclic) bond motifs is 1. The number of aromatic nitrogens is 3. The summed E-state index contributed by atoms with van der Waals surface area (Å²) >= 11 is 0. The fourth-order valence-electron chi connectivity index (χ4n) is 3.08. The monoisotopic (exact) mass is 363 g/mol. The number of carbonyl (C=O) groups excluding carboxylic acids is 1. The van der Waals surface area contributed by atoms with E-state index < -0.39 is 0 Å². The number of benzene rings is 1. The van der Waals surface area contributed by atoms with E-state index in [-0.39, 0.29) is 5.91 Å². The Hall–Kier alpha value is -3.06. The molecule has 3 heterocycles. The van der Waals surface area contributed by atoms with Gasteiger partial charge in [0.2, 0.25) is 0 Å². The summed E-state index contributed by atoms with van der Waals surface area (Å²) in [5.41, 5.74) is 4.78. The SMILES string of the molecule is Cc1cc2nc(C(=O)Nc3ccncc3)c(N3CCOCC3)nc2cc1C. The van der Waals surface area contributed by atoms with Crippen LogP contribution in [0.4, 0.5) is 11.5 Å². The van der Waals surface area contributed by atoms with E-state index in [1.165, 1.54) is 0 Å². The van der Waals surface area contributed by atoms with Gasteiger partial charge in [-0.15, -0.1) is 0 Å². The second kappa shape index (κ2) is 7.28. The van der Waals surface area contributed by atoms with Gasteiger partial charge in [-0.3, -0.25) is 9.78 Å². The number of nitrogens with zero attached hydrogens (tertiary/aromatic N) is 4. The van der Waals surface area contributed by atoms with Crippen molar-refractivity contribution in [3.05, 3.63) is 53.5 Å². The summed E-state index contributed by atoms with van der Waals surface area (Å²) < 4.78 is 5.44. The maximum Gasteiger partial charge on any atom is 0.278 e. The van der Waals surface area contributed by atoms with Crippen LogP contribution in [0.5, 0.6) is 0 Å². The van der Waals surface area contributed by atoms with Crippen molar-refractivity contribution in [2.45, 2.75) is 13.8 Å². The van der Waals surface area contributed by atoms with Crippen molar-refractivity contribution >= 4 is 28.4 Å². The van der Waals surface area contributed by atoms with E-state index >= 15 is 0 Å². The van der Waals surface area contributed by atoms with Crippen LogP contribution in [0, 0.1) is 13.8 Å². The van der Waals surface area contributed by atoms with Crippen molar-refractivity contribution in [2.75, 3.05) is 36.5 Å². The predicted molar refractivity (Wildman–Crippen MR) is 104 cm³/mol. The number of anilines is 2. The van der Waals surface area contributed by atoms with Crippen LogP contribution in [0.25, 0.3) is 11.0 Å². The highest BCUT2D eigenvalue weighted by Crippen LogP contribution is 2.24. The summed E-state index contributed by atoms with van der Waals surface area (Å²) in [7, 11) is 0. The smallest absolute Gasteiger partial charge is 0.278 e. The first-order chi connectivity index (χ1) is 13.1. The van der Waals surface area contributed by atoms with E-state index in [9.17, 15) is 4.79 Å². The number of nitrogens with one attached hydrogen (secondary N) is 1. The normalized spacial score (nSPS) is 14.4. The fraction of sp³-hybridized carbons (Fsp3) is 0.300. The topological polar surface area (TPSA) is 80.2 Å². The Morgan fingerprint density at radius 3 is 2.33 bits per heavy atom. The van der Waals surface area contributed by atoms with Gasteiger partial charge >= 0.3 is 0 Å². The lowest BCUT2D eigenvalue weighted by atomic mass is 10.1. The molecule has 27 heavy (non-hydrogen) atoms. The molecular formula is C20H21N5O2. The minimum absolute atomic E-state index is 0.282. The Morgan fingerprint density at radius 1 is 1.04 bits per heavy atom. The van der Waals surface area contributed by atoms with Crippen LogP contribution in [0.2, 0.25) is 0 Å². The minimum Gasteiger partial charge on any atom is -0.378 e. The Balaban J connectivity index is 1.80. The molecule has 1 aliphatic heterocycles. The lowest BCUT2D eigenvalue weighted by Crippen LogP contribution is -2.38. The molecule has 0 aliphatic carbocycles. The number of ether oxygens (including phenoxy) is 1. The second-order valence-corrected chi connectivity index (χ2v) is 6.61. The number of hydrogen-bond acceptors (Lipinski definition) is 6. The molecule has 1 N–H and O–H groups in total. The summed E-state index contributed by atoms with van der Waals surface area (Å²) in [6, 6.07) is 7.48. The standard InChI is InChI=1S/C20H21N5O2/c1-13-11-16-17(12-14(13)2)24-19(25-7-9-27-10-8-25)18(23-16)20(26)22-15-3-5-21-6-4-15/h3-6,11-12H,7-10H2,1-2H3,(H,21,22,26). The number of pyridine rings is 1. The zero-order valence-corrected chi connectivity index (χ0v) is 15.4. The van der Waals surface area contributed by atoms with Crippen LogP contribution in [0.15, 0.2) is 36.7 Å². The molecule has 138 valence electrons. The zero-order chi connectivity index (χ0) is 18.8. The van der Waals surface area contributed by atoms with Crippen LogP contribution in [-0.4, -0.2) is 47.2 Å². The number of morpholine rings is 1. The zero-order valence-electron chi connectivity index (χ0n) is 15.4. The predicted octanol–water partition coefficient (Wildman–Crippen LogP) is 2.73. The number of carbonyl (C=O) groups is 1. The van der Waals surface area contributed by atoms with Crippen molar-refractivity contribution in [3.8, 4) is 0 Å². The van der Waals surface area contributed by atoms with Crippen LogP contribution >= 0.6 is 0 Å². The van der Waals surface area contributed by atoms with Gasteiger partial charge in [0, 0.05) is 31.2 Å². The summed E-state index contributed by atoms with van der Waals surface area (Å²) in [5, 5.41) is 2.89. The Kier molecular flexibility index (Phi) is 4.68. The molecule has 2 aromatic heterocycles. The number of aryl methyl sites for hydroxylation is 2. The molecule has 0 bridgehead atoms. The van der Waals surface area contributed by atoms with Crippen molar-refractivity contribution in [1.29, 1.82) is 0 Å². The third-order valence-corrected chi connectivity index (χ3v) is 4.73. The first-order valence-electron chi connectivity index (χ1n) is 8.95. The van der Waals surface area contributed by atoms with E-state index in [1.54, 1.807) is 24.5 Å². The maximum atomic E-state index is 13.0. The number of amides is 1. The van der Waals surface area contributed by atoms with Gasteiger partial charge in [0.1, 0.15) is 0 Å². The van der Waals surface area contributed by atoms with Gasteiger partial charge in [0.05, 0.1) is 24.2 Å². The van der Waals surface area contributed by atoms with E-state index in [0.29, 0.717) is 43.5 Å². The molecule has 1 fully saturated rings. The van der Waals surface area contributed by atoms with Gasteiger partial charge in [-0.2, -0.15) is 0 Å². The Morgan fingerprint density at radius 2 is 1.67 bits per heavy atom. The molecule has 0 saturated carbocycles. The molecule has 1 aliphatic rings. The lowest BCUT2D eigenvalue weighted by molar-refractivity contribution is 0.102. The first kappa shape index (κ1) is 17.4. The van der Waals surface area contributed by atoms with Crippen LogP contribution in [0.1, 0.15) is 21.6 Å². The third-order valence-electron chi connectivity index (χ3n) is 4.73. The molecule has 3 aromatic rings. The first-order valence-corrected chi connectivity index (χ1v) is 8.95. The Bertz CT molecular complexity index is 985.